The molecule has 112 valence electrons. The molecule has 4 heteroatoms. The zero-order valence-corrected chi connectivity index (χ0v) is 12.5. The van der Waals surface area contributed by atoms with Gasteiger partial charge in [-0.05, 0) is 23.1 Å². The van der Waals surface area contributed by atoms with Crippen LogP contribution in [-0.2, 0) is 5.41 Å². The highest BCUT2D eigenvalue weighted by atomic mass is 16.5. The summed E-state index contributed by atoms with van der Waals surface area (Å²) in [6, 6.07) is 8.18. The molecular weight excluding hydrogens is 254 g/mol. The third-order valence-electron chi connectivity index (χ3n) is 3.73. The van der Waals surface area contributed by atoms with Crippen LogP contribution in [0.25, 0.3) is 0 Å². The van der Waals surface area contributed by atoms with E-state index in [9.17, 15) is 10.2 Å². The van der Waals surface area contributed by atoms with Crippen molar-refractivity contribution in [3.05, 3.63) is 29.8 Å². The van der Waals surface area contributed by atoms with Crippen LogP contribution in [0.1, 0.15) is 26.3 Å². The minimum absolute atomic E-state index is 0.153. The molecule has 1 aromatic rings. The average molecular weight is 279 g/mol. The van der Waals surface area contributed by atoms with Gasteiger partial charge in [0.2, 0.25) is 0 Å². The fourth-order valence-electron chi connectivity index (χ4n) is 2.37. The molecule has 1 fully saturated rings. The van der Waals surface area contributed by atoms with Crippen molar-refractivity contribution in [2.75, 3.05) is 26.2 Å². The summed E-state index contributed by atoms with van der Waals surface area (Å²) in [5, 5.41) is 18.9. The Hall–Kier alpha value is -1.10. The molecule has 0 saturated carbocycles. The molecule has 1 aromatic carbocycles. The lowest BCUT2D eigenvalue weighted by Gasteiger charge is -2.19. The molecule has 1 heterocycles. The van der Waals surface area contributed by atoms with Crippen molar-refractivity contribution < 1.29 is 14.9 Å². The lowest BCUT2D eigenvalue weighted by atomic mass is 9.87. The summed E-state index contributed by atoms with van der Waals surface area (Å²) in [6.45, 7) is 8.89. The van der Waals surface area contributed by atoms with Crippen LogP contribution in [0.4, 0.5) is 0 Å². The van der Waals surface area contributed by atoms with E-state index in [2.05, 4.69) is 32.9 Å². The summed E-state index contributed by atoms with van der Waals surface area (Å²) in [6.07, 6.45) is -1.25. The quantitative estimate of drug-likeness (QED) is 0.875. The number of aliphatic hydroxyl groups excluding tert-OH is 2. The van der Waals surface area contributed by atoms with E-state index in [4.69, 9.17) is 4.74 Å². The summed E-state index contributed by atoms with van der Waals surface area (Å²) in [5.41, 5.74) is 1.44. The minimum Gasteiger partial charge on any atom is -0.492 e. The van der Waals surface area contributed by atoms with Gasteiger partial charge in [0.1, 0.15) is 12.4 Å². The second kappa shape index (κ2) is 6.12. The van der Waals surface area contributed by atoms with Gasteiger partial charge >= 0.3 is 0 Å². The first kappa shape index (κ1) is 15.3. The molecule has 2 N–H and O–H groups in total. The number of likely N-dealkylation sites (tertiary alicyclic amines) is 1. The first-order valence-corrected chi connectivity index (χ1v) is 7.18. The molecule has 0 spiro atoms. The smallest absolute Gasteiger partial charge is 0.119 e. The maximum absolute atomic E-state index is 9.46. The molecule has 1 aliphatic heterocycles. The van der Waals surface area contributed by atoms with Crippen LogP contribution in [-0.4, -0.2) is 53.6 Å². The van der Waals surface area contributed by atoms with Gasteiger partial charge in [-0.3, -0.25) is 4.90 Å². The maximum atomic E-state index is 9.46. The van der Waals surface area contributed by atoms with Crippen molar-refractivity contribution in [1.29, 1.82) is 0 Å². The molecule has 2 atom stereocenters. The number of aliphatic hydroxyl groups is 2. The topological polar surface area (TPSA) is 52.9 Å². The van der Waals surface area contributed by atoms with E-state index in [-0.39, 0.29) is 5.41 Å². The predicted octanol–water partition coefficient (Wildman–Crippen LogP) is 1.40. The monoisotopic (exact) mass is 279 g/mol. The van der Waals surface area contributed by atoms with Crippen molar-refractivity contribution >= 4 is 0 Å². The molecule has 0 unspecified atom stereocenters. The van der Waals surface area contributed by atoms with E-state index in [1.807, 2.05) is 17.0 Å². The van der Waals surface area contributed by atoms with Crippen LogP contribution in [0.5, 0.6) is 5.75 Å². The zero-order valence-electron chi connectivity index (χ0n) is 12.5. The molecule has 2 rings (SSSR count). The maximum Gasteiger partial charge on any atom is 0.119 e. The van der Waals surface area contributed by atoms with E-state index in [1.54, 1.807) is 0 Å². The summed E-state index contributed by atoms with van der Waals surface area (Å²) in [5.74, 6) is 0.860. The fourth-order valence-corrected chi connectivity index (χ4v) is 2.37. The average Bonchev–Trinajstić information content (AvgIpc) is 2.68. The van der Waals surface area contributed by atoms with Crippen molar-refractivity contribution in [3.63, 3.8) is 0 Å². The molecule has 0 aliphatic carbocycles. The normalized spacial score (nSPS) is 24.1. The van der Waals surface area contributed by atoms with E-state index >= 15 is 0 Å². The number of nitrogens with zero attached hydrogens (tertiary/aromatic N) is 1. The number of rotatable bonds is 4. The molecule has 1 saturated heterocycles. The number of β-amino-alcohol motifs (C(OH)–C–C–N with tert-alkyl or cyclic N) is 2. The summed E-state index contributed by atoms with van der Waals surface area (Å²) < 4.78 is 5.70. The first-order chi connectivity index (χ1) is 9.36. The highest BCUT2D eigenvalue weighted by Crippen LogP contribution is 2.24. The standard InChI is InChI=1S/C16H25NO3/c1-16(2,3)12-4-6-13(7-5-12)20-9-8-17-10-14(18)15(19)11-17/h4-7,14-15,18-19H,8-11H2,1-3H3/t14-,15+. The zero-order chi connectivity index (χ0) is 14.8. The Balaban J connectivity index is 1.77. The Labute approximate surface area is 121 Å². The van der Waals surface area contributed by atoms with Crippen LogP contribution in [0.2, 0.25) is 0 Å². The Morgan fingerprint density at radius 1 is 1.10 bits per heavy atom. The van der Waals surface area contributed by atoms with E-state index in [0.29, 0.717) is 19.7 Å². The molecule has 0 amide bonds. The van der Waals surface area contributed by atoms with Crippen LogP contribution >= 0.6 is 0 Å². The van der Waals surface area contributed by atoms with E-state index < -0.39 is 12.2 Å². The van der Waals surface area contributed by atoms with Gasteiger partial charge < -0.3 is 14.9 Å². The summed E-state index contributed by atoms with van der Waals surface area (Å²) >= 11 is 0. The molecule has 0 aromatic heterocycles. The van der Waals surface area contributed by atoms with Crippen molar-refractivity contribution in [2.45, 2.75) is 38.4 Å². The molecule has 0 radical (unpaired) electrons. The number of hydrogen-bond donors (Lipinski definition) is 2. The molecule has 20 heavy (non-hydrogen) atoms. The summed E-state index contributed by atoms with van der Waals surface area (Å²) in [4.78, 5) is 2.01. The second-order valence-corrected chi connectivity index (χ2v) is 6.52. The first-order valence-electron chi connectivity index (χ1n) is 7.18. The number of ether oxygens (including phenoxy) is 1. The highest BCUT2D eigenvalue weighted by Gasteiger charge is 2.28. The summed E-state index contributed by atoms with van der Waals surface area (Å²) in [7, 11) is 0. The second-order valence-electron chi connectivity index (χ2n) is 6.52. The van der Waals surface area contributed by atoms with Gasteiger partial charge in [-0.2, -0.15) is 0 Å². The Morgan fingerprint density at radius 2 is 1.65 bits per heavy atom. The van der Waals surface area contributed by atoms with Gasteiger partial charge in [-0.1, -0.05) is 32.9 Å². The van der Waals surface area contributed by atoms with Crippen LogP contribution in [0, 0.1) is 0 Å². The number of benzene rings is 1. The molecule has 1 aliphatic rings. The molecular formula is C16H25NO3. The van der Waals surface area contributed by atoms with Gasteiger partial charge in [0.15, 0.2) is 0 Å². The van der Waals surface area contributed by atoms with Crippen LogP contribution in [0.15, 0.2) is 24.3 Å². The number of hydrogen-bond acceptors (Lipinski definition) is 4. The van der Waals surface area contributed by atoms with Gasteiger partial charge in [-0.25, -0.2) is 0 Å². The predicted molar refractivity (Wildman–Crippen MR) is 79.1 cm³/mol. The van der Waals surface area contributed by atoms with E-state index in [1.165, 1.54) is 5.56 Å². The Bertz CT molecular complexity index is 414. The Morgan fingerprint density at radius 3 is 2.15 bits per heavy atom. The van der Waals surface area contributed by atoms with Crippen LogP contribution < -0.4 is 4.74 Å². The largest absolute Gasteiger partial charge is 0.492 e. The van der Waals surface area contributed by atoms with Crippen molar-refractivity contribution in [2.24, 2.45) is 0 Å². The van der Waals surface area contributed by atoms with E-state index in [0.717, 1.165) is 12.3 Å². The van der Waals surface area contributed by atoms with Crippen LogP contribution in [0.3, 0.4) is 0 Å². The third-order valence-corrected chi connectivity index (χ3v) is 3.73. The lowest BCUT2D eigenvalue weighted by molar-refractivity contribution is 0.0572. The fraction of sp³-hybridized carbons (Fsp3) is 0.625. The van der Waals surface area contributed by atoms with Gasteiger partial charge in [-0.15, -0.1) is 0 Å². The lowest BCUT2D eigenvalue weighted by Crippen LogP contribution is -2.27. The Kier molecular flexibility index (Phi) is 4.68. The minimum atomic E-state index is -0.624. The van der Waals surface area contributed by atoms with Gasteiger partial charge in [0, 0.05) is 19.6 Å². The van der Waals surface area contributed by atoms with Gasteiger partial charge in [0.25, 0.3) is 0 Å². The molecule has 4 nitrogen and oxygen atoms in total. The third kappa shape index (κ3) is 3.95. The van der Waals surface area contributed by atoms with Gasteiger partial charge in [0.05, 0.1) is 12.2 Å². The highest BCUT2D eigenvalue weighted by molar-refractivity contribution is 5.31. The SMILES string of the molecule is CC(C)(C)c1ccc(OCCN2C[C@@H](O)[C@@H](O)C2)cc1. The van der Waals surface area contributed by atoms with Crippen molar-refractivity contribution in [3.8, 4) is 5.75 Å². The van der Waals surface area contributed by atoms with Crippen molar-refractivity contribution in [1.82, 2.24) is 4.90 Å². The molecule has 0 bridgehead atoms.